The van der Waals surface area contributed by atoms with E-state index in [1.807, 2.05) is 54.6 Å². The highest BCUT2D eigenvalue weighted by Crippen LogP contribution is 2.36. The van der Waals surface area contributed by atoms with Gasteiger partial charge in [0.15, 0.2) is 0 Å². The number of rotatable bonds is 14. The van der Waals surface area contributed by atoms with Gasteiger partial charge in [-0.1, -0.05) is 118 Å². The largest absolute Gasteiger partial charge is 0.497 e. The number of ether oxygens (including phenoxy) is 2. The first kappa shape index (κ1) is 30.6. The highest BCUT2D eigenvalue weighted by molar-refractivity contribution is 6.99. The van der Waals surface area contributed by atoms with Crippen LogP contribution < -0.4 is 15.1 Å². The molecule has 0 aromatic heterocycles. The van der Waals surface area contributed by atoms with Crippen molar-refractivity contribution in [3.8, 4) is 5.75 Å². The topological polar surface area (TPSA) is 47.9 Å². The molecule has 0 spiro atoms. The van der Waals surface area contributed by atoms with Gasteiger partial charge < -0.3 is 19.0 Å². The van der Waals surface area contributed by atoms with Crippen molar-refractivity contribution in [3.63, 3.8) is 0 Å². The van der Waals surface area contributed by atoms with E-state index in [0.29, 0.717) is 19.6 Å². The van der Waals surface area contributed by atoms with Crippen molar-refractivity contribution in [2.75, 3.05) is 13.7 Å². The molecule has 4 nitrogen and oxygen atoms in total. The Bertz CT molecular complexity index is 1110. The lowest BCUT2D eigenvalue weighted by Gasteiger charge is -2.43. The first-order valence-electron chi connectivity index (χ1n) is 13.8. The van der Waals surface area contributed by atoms with E-state index >= 15 is 0 Å². The van der Waals surface area contributed by atoms with E-state index in [0.717, 1.165) is 17.7 Å². The zero-order valence-corrected chi connectivity index (χ0v) is 25.0. The molecule has 0 saturated carbocycles. The summed E-state index contributed by atoms with van der Waals surface area (Å²) in [5, 5.41) is 13.0. The van der Waals surface area contributed by atoms with Crippen molar-refractivity contribution in [2.24, 2.45) is 0 Å². The number of hydrogen-bond donors (Lipinski definition) is 1. The fourth-order valence-corrected chi connectivity index (χ4v) is 9.34. The maximum Gasteiger partial charge on any atom is 0.261 e. The molecule has 0 fully saturated rings. The van der Waals surface area contributed by atoms with Crippen molar-refractivity contribution in [1.82, 2.24) is 0 Å². The summed E-state index contributed by atoms with van der Waals surface area (Å²) in [5.74, 6) is 0.846. The molecule has 0 aliphatic rings. The molecule has 0 heterocycles. The molecular formula is C34H44O4Si. The summed E-state index contributed by atoms with van der Waals surface area (Å²) in [4.78, 5) is 0. The van der Waals surface area contributed by atoms with Gasteiger partial charge in [0.05, 0.1) is 25.9 Å². The molecule has 0 unspecified atom stereocenters. The van der Waals surface area contributed by atoms with E-state index in [1.165, 1.54) is 10.4 Å². The minimum absolute atomic E-state index is 0.0780. The van der Waals surface area contributed by atoms with Crippen molar-refractivity contribution >= 4 is 18.7 Å². The average molecular weight is 545 g/mol. The number of allylic oxidation sites excluding steroid dienone is 2. The molecule has 3 aromatic rings. The van der Waals surface area contributed by atoms with Crippen LogP contribution in [0.15, 0.2) is 109 Å². The first-order valence-corrected chi connectivity index (χ1v) is 15.7. The summed E-state index contributed by atoms with van der Waals surface area (Å²) in [5.41, 5.74) is 1.12. The van der Waals surface area contributed by atoms with Crippen molar-refractivity contribution < 1.29 is 19.0 Å². The summed E-state index contributed by atoms with van der Waals surface area (Å²) in [6.07, 6.45) is 8.64. The second-order valence-electron chi connectivity index (χ2n) is 10.9. The first-order chi connectivity index (χ1) is 18.8. The van der Waals surface area contributed by atoms with Gasteiger partial charge in [-0.2, -0.15) is 0 Å². The molecular weight excluding hydrogens is 500 g/mol. The summed E-state index contributed by atoms with van der Waals surface area (Å²) in [7, 11) is -0.915. The molecule has 3 rings (SSSR count). The molecule has 1 N–H and O–H groups in total. The maximum absolute atomic E-state index is 10.6. The minimum atomic E-state index is -2.58. The molecule has 5 heteroatoms. The van der Waals surface area contributed by atoms with Gasteiger partial charge in [-0.05, 0) is 52.9 Å². The molecule has 0 aliphatic heterocycles. The quantitative estimate of drug-likeness (QED) is 0.188. The molecule has 2 atom stereocenters. The smallest absolute Gasteiger partial charge is 0.261 e. The van der Waals surface area contributed by atoms with Gasteiger partial charge in [0.2, 0.25) is 0 Å². The maximum atomic E-state index is 10.6. The normalized spacial score (nSPS) is 14.1. The van der Waals surface area contributed by atoms with Gasteiger partial charge in [0.1, 0.15) is 5.75 Å². The summed E-state index contributed by atoms with van der Waals surface area (Å²) < 4.78 is 18.0. The van der Waals surface area contributed by atoms with E-state index in [4.69, 9.17) is 13.9 Å². The second kappa shape index (κ2) is 15.0. The van der Waals surface area contributed by atoms with E-state index < -0.39 is 14.4 Å². The average Bonchev–Trinajstić information content (AvgIpc) is 2.94. The van der Waals surface area contributed by atoms with Crippen molar-refractivity contribution in [3.05, 3.63) is 115 Å². The Balaban J connectivity index is 1.51. The van der Waals surface area contributed by atoms with Crippen LogP contribution in [0.4, 0.5) is 0 Å². The zero-order valence-electron chi connectivity index (χ0n) is 24.0. The summed E-state index contributed by atoms with van der Waals surface area (Å²) in [6, 6.07) is 29.1. The second-order valence-corrected chi connectivity index (χ2v) is 15.2. The van der Waals surface area contributed by atoms with Crippen LogP contribution in [0.25, 0.3) is 0 Å². The van der Waals surface area contributed by atoms with Crippen LogP contribution in [-0.4, -0.2) is 39.3 Å². The Hall–Kier alpha value is -2.96. The third-order valence-electron chi connectivity index (χ3n) is 6.89. The summed E-state index contributed by atoms with van der Waals surface area (Å²) in [6.45, 7) is 9.92. The molecule has 0 bridgehead atoms. The number of hydrogen-bond acceptors (Lipinski definition) is 4. The molecule has 0 saturated heterocycles. The fourth-order valence-electron chi connectivity index (χ4n) is 4.76. The Kier molecular flexibility index (Phi) is 11.8. The molecule has 0 amide bonds. The van der Waals surface area contributed by atoms with Crippen LogP contribution in [0.1, 0.15) is 46.1 Å². The van der Waals surface area contributed by atoms with Crippen LogP contribution in [0.2, 0.25) is 5.04 Å². The summed E-state index contributed by atoms with van der Waals surface area (Å²) >= 11 is 0. The Morgan fingerprint density at radius 1 is 0.846 bits per heavy atom. The lowest BCUT2D eigenvalue weighted by Crippen LogP contribution is -2.66. The van der Waals surface area contributed by atoms with E-state index in [2.05, 4.69) is 82.3 Å². The lowest BCUT2D eigenvalue weighted by molar-refractivity contribution is 0.0552. The minimum Gasteiger partial charge on any atom is -0.497 e. The zero-order chi connectivity index (χ0) is 28.1. The van der Waals surface area contributed by atoms with Gasteiger partial charge in [-0.15, -0.1) is 0 Å². The molecule has 39 heavy (non-hydrogen) atoms. The monoisotopic (exact) mass is 544 g/mol. The van der Waals surface area contributed by atoms with Crippen LogP contribution in [0.5, 0.6) is 5.75 Å². The SMILES string of the molecule is COc1ccc(CO[C@H](C)C/C=C/C=C\[C@@H](O)CCO[Si](c2ccccc2)(c2ccccc2)C(C)(C)C)cc1. The fraction of sp³-hybridized carbons (Fsp3) is 0.353. The third-order valence-corrected chi connectivity index (χ3v) is 11.9. The van der Waals surface area contributed by atoms with Gasteiger partial charge in [-0.3, -0.25) is 0 Å². The van der Waals surface area contributed by atoms with Crippen LogP contribution in [-0.2, 0) is 15.8 Å². The predicted octanol–water partition coefficient (Wildman–Crippen LogP) is 6.43. The Labute approximate surface area is 236 Å². The van der Waals surface area contributed by atoms with E-state index in [1.54, 1.807) is 7.11 Å². The standard InChI is InChI=1S/C34H44O4Si/c1-28(37-27-29-21-23-31(36-5)24-22-29)15-9-6-10-16-30(35)25-26-38-39(34(2,3)4,32-17-11-7-12-18-32)33-19-13-8-14-20-33/h6-14,16-24,28,30,35H,15,25-27H2,1-5H3/b9-6+,16-10-/t28-,30-/m1/s1. The van der Waals surface area contributed by atoms with Gasteiger partial charge in [0.25, 0.3) is 8.32 Å². The molecule has 3 aromatic carbocycles. The third kappa shape index (κ3) is 8.77. The number of aliphatic hydroxyl groups excluding tert-OH is 1. The van der Waals surface area contributed by atoms with E-state index in [-0.39, 0.29) is 11.1 Å². The molecule has 0 aliphatic carbocycles. The highest BCUT2D eigenvalue weighted by atomic mass is 28.4. The van der Waals surface area contributed by atoms with Crippen molar-refractivity contribution in [2.45, 2.75) is 64.4 Å². The Morgan fingerprint density at radius 3 is 1.97 bits per heavy atom. The number of benzene rings is 3. The predicted molar refractivity (Wildman–Crippen MR) is 164 cm³/mol. The van der Waals surface area contributed by atoms with Crippen LogP contribution >= 0.6 is 0 Å². The lowest BCUT2D eigenvalue weighted by atomic mass is 10.2. The molecule has 0 radical (unpaired) electrons. The number of aliphatic hydroxyl groups is 1. The van der Waals surface area contributed by atoms with Crippen LogP contribution in [0, 0.1) is 0 Å². The molecule has 208 valence electrons. The van der Waals surface area contributed by atoms with E-state index in [9.17, 15) is 5.11 Å². The van der Waals surface area contributed by atoms with Crippen LogP contribution in [0.3, 0.4) is 0 Å². The highest BCUT2D eigenvalue weighted by Gasteiger charge is 2.50. The van der Waals surface area contributed by atoms with Crippen molar-refractivity contribution in [1.29, 1.82) is 0 Å². The van der Waals surface area contributed by atoms with Gasteiger partial charge >= 0.3 is 0 Å². The van der Waals surface area contributed by atoms with Gasteiger partial charge in [-0.25, -0.2) is 0 Å². The Morgan fingerprint density at radius 2 is 1.44 bits per heavy atom. The number of methoxy groups -OCH3 is 1. The van der Waals surface area contributed by atoms with Gasteiger partial charge in [0, 0.05) is 6.61 Å².